The number of carbonyl (C=O) groups excluding carboxylic acids is 3. The standard InChI is InChI=1S/3C29H29FN4O3/c3*1-4-34-26-10-8-22(18(3)28(26)31-32-34)23(15-27(35)36)20-7-6-19-11-12-33(16-21(19)14-20)29(37)24-13-17(2)5-9-25(24)30/h3*5-10,13-14,23H,4,11-12,15-16H2,1-3H3,(H,35,36)/t2*23-;/m10./s1. The summed E-state index contributed by atoms with van der Waals surface area (Å²) in [5.41, 5.74) is 22.0. The summed E-state index contributed by atoms with van der Waals surface area (Å²) >= 11 is 0. The number of nitrogens with zero attached hydrogens (tertiary/aromatic N) is 12. The van der Waals surface area contributed by atoms with E-state index in [9.17, 15) is 57.3 Å². The number of carboxylic acid groups (broad SMARTS) is 3. The second-order valence-electron chi connectivity index (χ2n) is 29.1. The minimum atomic E-state index is -0.897. The van der Waals surface area contributed by atoms with E-state index in [1.54, 1.807) is 51.1 Å². The predicted octanol–water partition coefficient (Wildman–Crippen LogP) is 15.0. The summed E-state index contributed by atoms with van der Waals surface area (Å²) in [5, 5.41) is 54.9. The van der Waals surface area contributed by atoms with Gasteiger partial charge in [-0.05, 0) is 220 Å². The van der Waals surface area contributed by atoms with Gasteiger partial charge in [-0.2, -0.15) is 0 Å². The van der Waals surface area contributed by atoms with Crippen LogP contribution in [0, 0.1) is 59.0 Å². The first-order valence-electron chi connectivity index (χ1n) is 37.4. The van der Waals surface area contributed by atoms with Gasteiger partial charge in [0.2, 0.25) is 0 Å². The second kappa shape index (κ2) is 32.5. The number of hydrogen-bond acceptors (Lipinski definition) is 12. The molecule has 9 aromatic carbocycles. The third kappa shape index (κ3) is 16.0. The molecule has 3 amide bonds. The predicted molar refractivity (Wildman–Crippen MR) is 414 cm³/mol. The zero-order chi connectivity index (χ0) is 78.8. The van der Waals surface area contributed by atoms with E-state index in [4.69, 9.17) is 0 Å². The van der Waals surface area contributed by atoms with Crippen molar-refractivity contribution in [3.63, 3.8) is 0 Å². The number of aryl methyl sites for hydroxylation is 9. The molecule has 0 fully saturated rings. The smallest absolute Gasteiger partial charge is 0.304 e. The fraction of sp³-hybridized carbons (Fsp3) is 0.310. The van der Waals surface area contributed by atoms with Crippen LogP contribution in [0.3, 0.4) is 0 Å². The van der Waals surface area contributed by atoms with Gasteiger partial charge in [-0.25, -0.2) is 27.2 Å². The highest BCUT2D eigenvalue weighted by atomic mass is 19.1. The number of rotatable bonds is 18. The average molecular weight is 1500 g/mol. The second-order valence-corrected chi connectivity index (χ2v) is 29.1. The molecule has 0 saturated heterocycles. The van der Waals surface area contributed by atoms with Gasteiger partial charge in [-0.3, -0.25) is 28.8 Å². The molecule has 0 aliphatic carbocycles. The van der Waals surface area contributed by atoms with Crippen molar-refractivity contribution in [2.24, 2.45) is 0 Å². The zero-order valence-corrected chi connectivity index (χ0v) is 63.5. The Morgan fingerprint density at radius 1 is 0.360 bits per heavy atom. The van der Waals surface area contributed by atoms with Crippen LogP contribution in [-0.4, -0.2) is 130 Å². The Morgan fingerprint density at radius 2 is 0.631 bits per heavy atom. The zero-order valence-electron chi connectivity index (χ0n) is 63.5. The molecule has 1 unspecified atom stereocenters. The first-order valence-corrected chi connectivity index (χ1v) is 37.4. The number of carbonyl (C=O) groups is 6. The van der Waals surface area contributed by atoms with E-state index in [0.717, 1.165) is 133 Å². The minimum absolute atomic E-state index is 0.0763. The van der Waals surface area contributed by atoms with Gasteiger partial charge in [0.1, 0.15) is 34.0 Å². The van der Waals surface area contributed by atoms with E-state index < -0.39 is 35.4 Å². The molecule has 0 saturated carbocycles. The van der Waals surface area contributed by atoms with Gasteiger partial charge in [-0.15, -0.1) is 15.3 Å². The van der Waals surface area contributed by atoms with Gasteiger partial charge in [0, 0.05) is 76.7 Å². The molecule has 3 aliphatic heterocycles. The number of aromatic nitrogens is 9. The number of benzene rings is 9. The SMILES string of the molecule is CCn1nnc2c(C)c(C(CC(=O)O)c3ccc4c(c3)CN(C(=O)c3cc(C)ccc3F)CC4)ccc21.CCn1nnc2c(C)c([C@@H](CC(=O)O)c3ccc4c(c3)CN(C(=O)c3cc(C)ccc3F)CC4)ccc21.CCn1nnc2c(C)c([C@H](CC(=O)O)c3ccc4c(c3)CN(C(=O)c3cc(C)ccc3F)CC4)ccc21. The molecule has 3 N–H and O–H groups in total. The molecule has 6 heterocycles. The average Bonchev–Trinajstić information content (AvgIpc) is 1.67. The molecule has 15 rings (SSSR count). The minimum Gasteiger partial charge on any atom is -0.481 e. The normalized spacial score (nSPS) is 14.0. The van der Waals surface area contributed by atoms with Crippen LogP contribution in [0.2, 0.25) is 0 Å². The Hall–Kier alpha value is -12.2. The summed E-state index contributed by atoms with van der Waals surface area (Å²) < 4.78 is 48.7. The molecule has 0 spiro atoms. The number of amides is 3. The Balaban J connectivity index is 0.000000146. The fourth-order valence-electron chi connectivity index (χ4n) is 15.9. The monoisotopic (exact) mass is 1500 g/mol. The van der Waals surface area contributed by atoms with Crippen LogP contribution < -0.4 is 0 Å². The summed E-state index contributed by atoms with van der Waals surface area (Å²) in [6, 6.07) is 43.5. The Morgan fingerprint density at radius 3 is 0.883 bits per heavy atom. The Kier molecular flexibility index (Phi) is 22.6. The first kappa shape index (κ1) is 77.0. The van der Waals surface area contributed by atoms with Crippen LogP contribution in [-0.2, 0) is 72.9 Å². The molecule has 570 valence electrons. The first-order chi connectivity index (χ1) is 53.3. The molecule has 111 heavy (non-hydrogen) atoms. The highest BCUT2D eigenvalue weighted by Gasteiger charge is 2.32. The van der Waals surface area contributed by atoms with Crippen LogP contribution in [0.5, 0.6) is 0 Å². The maximum Gasteiger partial charge on any atom is 0.304 e. The quantitative estimate of drug-likeness (QED) is 0.0721. The molecule has 3 aromatic heterocycles. The van der Waals surface area contributed by atoms with E-state index >= 15 is 0 Å². The maximum absolute atomic E-state index is 14.4. The molecule has 12 aromatic rings. The molecule has 3 aliphatic rings. The topological polar surface area (TPSA) is 265 Å². The van der Waals surface area contributed by atoms with E-state index in [-0.39, 0.29) is 71.4 Å². The van der Waals surface area contributed by atoms with Crippen molar-refractivity contribution in [2.45, 2.75) is 158 Å². The maximum atomic E-state index is 14.4. The van der Waals surface area contributed by atoms with Crippen molar-refractivity contribution in [3.05, 3.63) is 280 Å². The summed E-state index contributed by atoms with van der Waals surface area (Å²) in [5.74, 6) is -6.44. The lowest BCUT2D eigenvalue weighted by Crippen LogP contribution is -2.36. The van der Waals surface area contributed by atoms with E-state index in [1.807, 2.05) is 167 Å². The number of hydrogen-bond donors (Lipinski definition) is 3. The van der Waals surface area contributed by atoms with E-state index in [2.05, 4.69) is 30.9 Å². The molecular weight excluding hydrogens is 1410 g/mol. The van der Waals surface area contributed by atoms with Crippen molar-refractivity contribution in [2.75, 3.05) is 19.6 Å². The van der Waals surface area contributed by atoms with Crippen LogP contribution >= 0.6 is 0 Å². The molecule has 3 atom stereocenters. The molecule has 0 radical (unpaired) electrons. The highest BCUT2D eigenvalue weighted by molar-refractivity contribution is 5.96. The van der Waals surface area contributed by atoms with Crippen LogP contribution in [0.25, 0.3) is 33.1 Å². The molecule has 21 nitrogen and oxygen atoms in total. The van der Waals surface area contributed by atoms with Crippen molar-refractivity contribution < 1.29 is 57.3 Å². The summed E-state index contributed by atoms with van der Waals surface area (Å²) in [6.45, 7) is 22.0. The van der Waals surface area contributed by atoms with Crippen molar-refractivity contribution in [1.29, 1.82) is 0 Å². The number of aliphatic carboxylic acids is 3. The Labute approximate surface area is 639 Å². The largest absolute Gasteiger partial charge is 0.481 e. The number of halogens is 3. The Bertz CT molecular complexity index is 5130. The summed E-state index contributed by atoms with van der Waals surface area (Å²) in [4.78, 5) is 80.2. The summed E-state index contributed by atoms with van der Waals surface area (Å²) in [7, 11) is 0. The van der Waals surface area contributed by atoms with Crippen LogP contribution in [0.4, 0.5) is 13.2 Å². The lowest BCUT2D eigenvalue weighted by molar-refractivity contribution is -0.138. The van der Waals surface area contributed by atoms with Crippen LogP contribution in [0.15, 0.2) is 146 Å². The van der Waals surface area contributed by atoms with Gasteiger partial charge < -0.3 is 30.0 Å². The van der Waals surface area contributed by atoms with Crippen molar-refractivity contribution in [3.8, 4) is 0 Å². The van der Waals surface area contributed by atoms with Gasteiger partial charge in [-0.1, -0.05) is 123 Å². The lowest BCUT2D eigenvalue weighted by Gasteiger charge is -2.30. The van der Waals surface area contributed by atoms with Crippen molar-refractivity contribution in [1.82, 2.24) is 59.7 Å². The fourth-order valence-corrected chi connectivity index (χ4v) is 15.9. The van der Waals surface area contributed by atoms with Crippen LogP contribution in [0.1, 0.15) is 189 Å². The lowest BCUT2D eigenvalue weighted by atomic mass is 9.83. The molecule has 0 bridgehead atoms. The highest BCUT2D eigenvalue weighted by Crippen LogP contribution is 2.40. The van der Waals surface area contributed by atoms with Gasteiger partial charge in [0.05, 0.1) is 52.5 Å². The molecular formula is C87H87F3N12O9. The molecule has 24 heteroatoms. The van der Waals surface area contributed by atoms with E-state index in [0.29, 0.717) is 78.2 Å². The van der Waals surface area contributed by atoms with Gasteiger partial charge >= 0.3 is 17.9 Å². The third-order valence-corrected chi connectivity index (χ3v) is 22.0. The number of fused-ring (bicyclic) bond motifs is 6. The summed E-state index contributed by atoms with van der Waals surface area (Å²) in [6.07, 6.45) is 1.73. The van der Waals surface area contributed by atoms with Gasteiger partial charge in [0.25, 0.3) is 17.7 Å². The van der Waals surface area contributed by atoms with E-state index in [1.165, 1.54) is 18.2 Å². The van der Waals surface area contributed by atoms with Crippen molar-refractivity contribution >= 4 is 68.7 Å². The number of carboxylic acids is 3. The third-order valence-electron chi connectivity index (χ3n) is 22.0. The van der Waals surface area contributed by atoms with Gasteiger partial charge in [0.15, 0.2) is 0 Å².